The van der Waals surface area contributed by atoms with Gasteiger partial charge in [0.1, 0.15) is 17.7 Å². The molecule has 1 aromatic heterocycles. The van der Waals surface area contributed by atoms with Gasteiger partial charge in [0, 0.05) is 17.7 Å². The van der Waals surface area contributed by atoms with Gasteiger partial charge in [0.15, 0.2) is 5.76 Å². The van der Waals surface area contributed by atoms with Crippen molar-refractivity contribution in [2.24, 2.45) is 0 Å². The molecule has 2 fully saturated rings. The molecule has 7 heteroatoms. The number of hydrogen-bond acceptors (Lipinski definition) is 4. The Balaban J connectivity index is 1.33. The number of nitrogens with zero attached hydrogens (tertiary/aromatic N) is 1. The minimum Gasteiger partial charge on any atom is -0.482 e. The van der Waals surface area contributed by atoms with Crippen LogP contribution in [0.2, 0.25) is 0 Å². The monoisotopic (exact) mass is 474 g/mol. The van der Waals surface area contributed by atoms with Crippen LogP contribution in [0.4, 0.5) is 4.39 Å². The third-order valence-corrected chi connectivity index (χ3v) is 6.59. The van der Waals surface area contributed by atoms with Gasteiger partial charge >= 0.3 is 0 Å². The molecule has 0 bridgehead atoms. The Bertz CT molecular complexity index is 1220. The quantitative estimate of drug-likeness (QED) is 0.507. The van der Waals surface area contributed by atoms with Crippen LogP contribution in [0.1, 0.15) is 52.9 Å². The minimum atomic E-state index is -0.314. The van der Waals surface area contributed by atoms with Gasteiger partial charge in [-0.2, -0.15) is 0 Å². The van der Waals surface area contributed by atoms with E-state index in [1.54, 1.807) is 71.8 Å². The molecule has 0 spiro atoms. The van der Waals surface area contributed by atoms with E-state index in [1.807, 2.05) is 0 Å². The Morgan fingerprint density at radius 2 is 1.86 bits per heavy atom. The van der Waals surface area contributed by atoms with Crippen molar-refractivity contribution in [3.8, 4) is 0 Å². The zero-order valence-electron chi connectivity index (χ0n) is 19.3. The van der Waals surface area contributed by atoms with Crippen LogP contribution < -0.4 is 5.32 Å². The van der Waals surface area contributed by atoms with Crippen molar-refractivity contribution < 1.29 is 23.1 Å². The largest absolute Gasteiger partial charge is 0.482 e. The van der Waals surface area contributed by atoms with Gasteiger partial charge in [-0.05, 0) is 61.2 Å². The smallest absolute Gasteiger partial charge is 0.289 e. The first-order valence-corrected chi connectivity index (χ1v) is 11.9. The number of fused-ring (bicyclic) bond motifs is 1. The highest BCUT2D eigenvalue weighted by Gasteiger charge is 2.41. The molecule has 180 valence electrons. The maximum atomic E-state index is 14.4. The van der Waals surface area contributed by atoms with Gasteiger partial charge in [-0.1, -0.05) is 36.8 Å². The molecule has 5 rings (SSSR count). The van der Waals surface area contributed by atoms with E-state index in [9.17, 15) is 14.0 Å². The first-order valence-electron chi connectivity index (χ1n) is 11.9. The van der Waals surface area contributed by atoms with Gasteiger partial charge in [-0.15, -0.1) is 0 Å². The molecule has 2 aromatic carbocycles. The fourth-order valence-electron chi connectivity index (χ4n) is 4.74. The second-order valence-corrected chi connectivity index (χ2v) is 8.93. The fourth-order valence-corrected chi connectivity index (χ4v) is 4.74. The van der Waals surface area contributed by atoms with Crippen LogP contribution in [0, 0.1) is 5.82 Å². The molecule has 2 heterocycles. The Labute approximate surface area is 203 Å². The molecule has 2 unspecified atom stereocenters. The first-order chi connectivity index (χ1) is 17.1. The summed E-state index contributed by atoms with van der Waals surface area (Å²) in [4.78, 5) is 27.6. The van der Waals surface area contributed by atoms with Crippen LogP contribution >= 0.6 is 0 Å². The summed E-state index contributed by atoms with van der Waals surface area (Å²) in [6.07, 6.45) is 6.92. The lowest BCUT2D eigenvalue weighted by Gasteiger charge is -2.44. The standard InChI is InChI=1S/C28H27FN2O4/c29-23-8-2-1-6-21(23)18-31-24-9-3-4-10-25(24)35-26(28(31)33)16-19-11-13-20(14-12-19)27(32)30-17-22-7-5-15-34-22/h1-2,5-8,11-16,24-25H,3-4,9-10,17-18H2,(H,30,32)/b26-16-. The zero-order valence-corrected chi connectivity index (χ0v) is 19.3. The predicted molar refractivity (Wildman–Crippen MR) is 128 cm³/mol. The van der Waals surface area contributed by atoms with Crippen molar-refractivity contribution in [3.63, 3.8) is 0 Å². The number of carbonyl (C=O) groups excluding carboxylic acids is 2. The van der Waals surface area contributed by atoms with E-state index in [0.717, 1.165) is 31.2 Å². The molecule has 2 aliphatic rings. The normalized spacial score (nSPS) is 20.9. The predicted octanol–water partition coefficient (Wildman–Crippen LogP) is 5.06. The topological polar surface area (TPSA) is 71.8 Å². The highest BCUT2D eigenvalue weighted by atomic mass is 19.1. The van der Waals surface area contributed by atoms with E-state index >= 15 is 0 Å². The summed E-state index contributed by atoms with van der Waals surface area (Å²) >= 11 is 0. The van der Waals surface area contributed by atoms with Crippen molar-refractivity contribution in [2.45, 2.75) is 50.9 Å². The lowest BCUT2D eigenvalue weighted by Crippen LogP contribution is -2.54. The number of hydrogen-bond donors (Lipinski definition) is 1. The Hall–Kier alpha value is -3.87. The number of carbonyl (C=O) groups is 2. The highest BCUT2D eigenvalue weighted by Crippen LogP contribution is 2.34. The molecule has 1 aliphatic heterocycles. The summed E-state index contributed by atoms with van der Waals surface area (Å²) in [6, 6.07) is 17.0. The minimum absolute atomic E-state index is 0.0618. The van der Waals surface area contributed by atoms with Gasteiger partial charge in [0.05, 0.1) is 18.8 Å². The maximum Gasteiger partial charge on any atom is 0.289 e. The third-order valence-electron chi connectivity index (χ3n) is 6.59. The number of benzene rings is 2. The summed E-state index contributed by atoms with van der Waals surface area (Å²) < 4.78 is 25.7. The van der Waals surface area contributed by atoms with Crippen LogP contribution in [-0.2, 0) is 22.6 Å². The second kappa shape index (κ2) is 10.2. The van der Waals surface area contributed by atoms with Crippen LogP contribution in [0.3, 0.4) is 0 Å². The van der Waals surface area contributed by atoms with Crippen LogP contribution in [0.15, 0.2) is 77.1 Å². The molecular formula is C28H27FN2O4. The van der Waals surface area contributed by atoms with Crippen molar-refractivity contribution in [3.05, 3.63) is 101 Å². The number of amides is 2. The van der Waals surface area contributed by atoms with Gasteiger partial charge in [-0.25, -0.2) is 4.39 Å². The molecule has 1 aliphatic carbocycles. The average molecular weight is 475 g/mol. The molecule has 1 saturated carbocycles. The van der Waals surface area contributed by atoms with Crippen molar-refractivity contribution in [1.29, 1.82) is 0 Å². The SMILES string of the molecule is O=C(NCc1ccco1)c1ccc(/C=C2\OC3CCCCC3N(Cc3ccccc3F)C2=O)cc1. The first kappa shape index (κ1) is 22.9. The summed E-state index contributed by atoms with van der Waals surface area (Å²) in [6.45, 7) is 0.516. The second-order valence-electron chi connectivity index (χ2n) is 8.93. The van der Waals surface area contributed by atoms with Gasteiger partial charge in [0.25, 0.3) is 11.8 Å². The number of halogens is 1. The summed E-state index contributed by atoms with van der Waals surface area (Å²) in [7, 11) is 0. The van der Waals surface area contributed by atoms with E-state index < -0.39 is 0 Å². The van der Waals surface area contributed by atoms with E-state index in [2.05, 4.69) is 5.32 Å². The Morgan fingerprint density at radius 1 is 1.06 bits per heavy atom. The van der Waals surface area contributed by atoms with E-state index in [0.29, 0.717) is 23.4 Å². The molecule has 2 amide bonds. The van der Waals surface area contributed by atoms with Crippen molar-refractivity contribution in [2.75, 3.05) is 0 Å². The molecule has 2 atom stereocenters. The Morgan fingerprint density at radius 3 is 2.63 bits per heavy atom. The Kier molecular flexibility index (Phi) is 6.66. The number of nitrogens with one attached hydrogen (secondary N) is 1. The molecule has 35 heavy (non-hydrogen) atoms. The summed E-state index contributed by atoms with van der Waals surface area (Å²) in [5, 5.41) is 2.81. The van der Waals surface area contributed by atoms with E-state index in [4.69, 9.17) is 9.15 Å². The van der Waals surface area contributed by atoms with E-state index in [1.165, 1.54) is 6.07 Å². The molecular weight excluding hydrogens is 447 g/mol. The lowest BCUT2D eigenvalue weighted by atomic mass is 9.89. The van der Waals surface area contributed by atoms with Crippen molar-refractivity contribution >= 4 is 17.9 Å². The number of rotatable bonds is 6. The fraction of sp³-hybridized carbons (Fsp3) is 0.286. The molecule has 1 saturated heterocycles. The maximum absolute atomic E-state index is 14.4. The third kappa shape index (κ3) is 5.14. The molecule has 3 aromatic rings. The molecule has 0 radical (unpaired) electrons. The van der Waals surface area contributed by atoms with Crippen LogP contribution in [0.25, 0.3) is 6.08 Å². The number of furan rings is 1. The van der Waals surface area contributed by atoms with Gasteiger partial charge in [-0.3, -0.25) is 9.59 Å². The van der Waals surface area contributed by atoms with Crippen LogP contribution in [-0.4, -0.2) is 28.9 Å². The van der Waals surface area contributed by atoms with Gasteiger partial charge in [0.2, 0.25) is 0 Å². The highest BCUT2D eigenvalue weighted by molar-refractivity contribution is 5.97. The molecule has 1 N–H and O–H groups in total. The number of morpholine rings is 1. The van der Waals surface area contributed by atoms with E-state index in [-0.39, 0.29) is 42.1 Å². The number of ether oxygens (including phenoxy) is 1. The molecule has 6 nitrogen and oxygen atoms in total. The zero-order chi connectivity index (χ0) is 24.2. The summed E-state index contributed by atoms with van der Waals surface area (Å²) in [5.41, 5.74) is 1.75. The van der Waals surface area contributed by atoms with Crippen molar-refractivity contribution in [1.82, 2.24) is 10.2 Å². The van der Waals surface area contributed by atoms with Gasteiger partial charge < -0.3 is 19.4 Å². The lowest BCUT2D eigenvalue weighted by molar-refractivity contribution is -0.149. The average Bonchev–Trinajstić information content (AvgIpc) is 3.40. The van der Waals surface area contributed by atoms with Crippen LogP contribution in [0.5, 0.6) is 0 Å². The summed E-state index contributed by atoms with van der Waals surface area (Å²) in [5.74, 6) is 0.155.